The second kappa shape index (κ2) is 7.81. The molecule has 0 atom stereocenters. The van der Waals surface area contributed by atoms with Gasteiger partial charge in [0.05, 0.1) is 0 Å². The van der Waals surface area contributed by atoms with Crippen LogP contribution in [-0.4, -0.2) is 12.2 Å². The van der Waals surface area contributed by atoms with Gasteiger partial charge in [0.1, 0.15) is 5.75 Å². The molecular formula is C26H31NO. The van der Waals surface area contributed by atoms with Crippen LogP contribution >= 0.6 is 0 Å². The SMILES string of the molecule is CNCc1cc(C(C)(C)c2ccccc2)cc(C(C)(C)c2ccccc2)c1O. The van der Waals surface area contributed by atoms with Crippen molar-refractivity contribution in [1.82, 2.24) is 5.32 Å². The Morgan fingerprint density at radius 1 is 0.714 bits per heavy atom. The predicted molar refractivity (Wildman–Crippen MR) is 118 cm³/mol. The number of phenolic OH excluding ortho intramolecular Hbond substituents is 1. The summed E-state index contributed by atoms with van der Waals surface area (Å²) in [5, 5.41) is 14.3. The molecule has 2 heteroatoms. The van der Waals surface area contributed by atoms with Gasteiger partial charge in [-0.25, -0.2) is 0 Å². The molecule has 0 fully saturated rings. The number of hydrogen-bond donors (Lipinski definition) is 2. The van der Waals surface area contributed by atoms with Gasteiger partial charge in [-0.1, -0.05) is 94.4 Å². The fraction of sp³-hybridized carbons (Fsp3) is 0.308. The normalized spacial score (nSPS) is 12.2. The minimum absolute atomic E-state index is 0.168. The molecule has 0 saturated heterocycles. The van der Waals surface area contributed by atoms with Crippen molar-refractivity contribution >= 4 is 0 Å². The van der Waals surface area contributed by atoms with Crippen LogP contribution in [0, 0.1) is 0 Å². The predicted octanol–water partition coefficient (Wildman–Crippen LogP) is 5.76. The highest BCUT2D eigenvalue weighted by molar-refractivity contribution is 5.54. The lowest BCUT2D eigenvalue weighted by atomic mass is 9.72. The zero-order valence-corrected chi connectivity index (χ0v) is 17.6. The zero-order chi connectivity index (χ0) is 20.4. The minimum Gasteiger partial charge on any atom is -0.507 e. The van der Waals surface area contributed by atoms with Crippen molar-refractivity contribution in [2.24, 2.45) is 0 Å². The topological polar surface area (TPSA) is 32.3 Å². The van der Waals surface area contributed by atoms with E-state index < -0.39 is 0 Å². The third-order valence-corrected chi connectivity index (χ3v) is 5.94. The Balaban J connectivity index is 2.21. The van der Waals surface area contributed by atoms with Gasteiger partial charge >= 0.3 is 0 Å². The fourth-order valence-electron chi connectivity index (χ4n) is 3.89. The summed E-state index contributed by atoms with van der Waals surface area (Å²) in [4.78, 5) is 0. The molecule has 0 aliphatic heterocycles. The molecule has 0 amide bonds. The average Bonchev–Trinajstić information content (AvgIpc) is 2.70. The Bertz CT molecular complexity index is 927. The van der Waals surface area contributed by atoms with Crippen LogP contribution < -0.4 is 5.32 Å². The van der Waals surface area contributed by atoms with Crippen molar-refractivity contribution in [3.63, 3.8) is 0 Å². The molecule has 3 rings (SSSR count). The van der Waals surface area contributed by atoms with Crippen LogP contribution in [0.4, 0.5) is 0 Å². The summed E-state index contributed by atoms with van der Waals surface area (Å²) in [6.45, 7) is 9.48. The molecule has 28 heavy (non-hydrogen) atoms. The van der Waals surface area contributed by atoms with Crippen LogP contribution in [0.25, 0.3) is 0 Å². The van der Waals surface area contributed by atoms with Gasteiger partial charge in [0, 0.05) is 28.5 Å². The molecule has 0 unspecified atom stereocenters. The van der Waals surface area contributed by atoms with Crippen molar-refractivity contribution in [2.45, 2.75) is 45.1 Å². The van der Waals surface area contributed by atoms with Gasteiger partial charge in [0.15, 0.2) is 0 Å². The molecule has 3 aromatic rings. The molecule has 2 N–H and O–H groups in total. The molecule has 0 radical (unpaired) electrons. The van der Waals surface area contributed by atoms with E-state index in [0.29, 0.717) is 12.3 Å². The number of benzene rings is 3. The monoisotopic (exact) mass is 373 g/mol. The Labute approximate surface area is 169 Å². The molecule has 146 valence electrons. The lowest BCUT2D eigenvalue weighted by molar-refractivity contribution is 0.443. The van der Waals surface area contributed by atoms with E-state index in [-0.39, 0.29) is 10.8 Å². The first-order chi connectivity index (χ1) is 13.3. The number of rotatable bonds is 6. The summed E-state index contributed by atoms with van der Waals surface area (Å²) in [6.07, 6.45) is 0. The summed E-state index contributed by atoms with van der Waals surface area (Å²) in [6, 6.07) is 25.3. The van der Waals surface area contributed by atoms with Gasteiger partial charge in [-0.3, -0.25) is 0 Å². The Morgan fingerprint density at radius 2 is 1.21 bits per heavy atom. The molecule has 0 bridgehead atoms. The molecule has 0 heterocycles. The summed E-state index contributed by atoms with van der Waals surface area (Å²) >= 11 is 0. The largest absolute Gasteiger partial charge is 0.507 e. The molecular weight excluding hydrogens is 342 g/mol. The molecule has 0 saturated carbocycles. The Kier molecular flexibility index (Phi) is 5.62. The molecule has 2 nitrogen and oxygen atoms in total. The van der Waals surface area contributed by atoms with Crippen LogP contribution in [0.2, 0.25) is 0 Å². The first kappa shape index (κ1) is 20.2. The summed E-state index contributed by atoms with van der Waals surface area (Å²) in [5.74, 6) is 0.385. The maximum Gasteiger partial charge on any atom is 0.124 e. The van der Waals surface area contributed by atoms with Crippen LogP contribution in [0.3, 0.4) is 0 Å². The van der Waals surface area contributed by atoms with E-state index in [1.807, 2.05) is 19.2 Å². The maximum absolute atomic E-state index is 11.1. The van der Waals surface area contributed by atoms with Crippen molar-refractivity contribution < 1.29 is 5.11 Å². The van der Waals surface area contributed by atoms with Crippen LogP contribution in [0.5, 0.6) is 5.75 Å². The van der Waals surface area contributed by atoms with E-state index in [1.165, 1.54) is 16.7 Å². The lowest BCUT2D eigenvalue weighted by Gasteiger charge is -2.32. The van der Waals surface area contributed by atoms with E-state index in [4.69, 9.17) is 0 Å². The second-order valence-corrected chi connectivity index (χ2v) is 8.54. The summed E-state index contributed by atoms with van der Waals surface area (Å²) in [7, 11) is 1.91. The lowest BCUT2D eigenvalue weighted by Crippen LogP contribution is -2.24. The minimum atomic E-state index is -0.309. The number of aromatic hydroxyl groups is 1. The maximum atomic E-state index is 11.1. The Hall–Kier alpha value is -2.58. The van der Waals surface area contributed by atoms with E-state index in [2.05, 4.69) is 93.7 Å². The summed E-state index contributed by atoms with van der Waals surface area (Å²) in [5.41, 5.74) is 5.08. The van der Waals surface area contributed by atoms with Crippen LogP contribution in [0.1, 0.15) is 55.5 Å². The van der Waals surface area contributed by atoms with E-state index >= 15 is 0 Å². The van der Waals surface area contributed by atoms with E-state index in [1.54, 1.807) is 0 Å². The second-order valence-electron chi connectivity index (χ2n) is 8.54. The van der Waals surface area contributed by atoms with Gasteiger partial charge in [-0.2, -0.15) is 0 Å². The number of nitrogens with one attached hydrogen (secondary N) is 1. The third-order valence-electron chi connectivity index (χ3n) is 5.94. The standard InChI is InChI=1S/C26H31NO/c1-25(2,20-12-8-6-9-13-20)22-16-19(18-27-5)24(28)23(17-22)26(3,4)21-14-10-7-11-15-21/h6-17,27-28H,18H2,1-5H3. The van der Waals surface area contributed by atoms with Crippen molar-refractivity contribution in [3.8, 4) is 5.75 Å². The number of phenols is 1. The van der Waals surface area contributed by atoms with Crippen LogP contribution in [0.15, 0.2) is 72.8 Å². The van der Waals surface area contributed by atoms with Gasteiger partial charge in [0.25, 0.3) is 0 Å². The fourth-order valence-corrected chi connectivity index (χ4v) is 3.89. The van der Waals surface area contributed by atoms with Gasteiger partial charge in [-0.05, 0) is 29.8 Å². The third kappa shape index (κ3) is 3.70. The van der Waals surface area contributed by atoms with Gasteiger partial charge < -0.3 is 10.4 Å². The first-order valence-corrected chi connectivity index (χ1v) is 9.91. The number of hydrogen-bond acceptors (Lipinski definition) is 2. The highest BCUT2D eigenvalue weighted by atomic mass is 16.3. The van der Waals surface area contributed by atoms with Crippen molar-refractivity contribution in [1.29, 1.82) is 0 Å². The highest BCUT2D eigenvalue weighted by Crippen LogP contribution is 2.42. The van der Waals surface area contributed by atoms with E-state index in [0.717, 1.165) is 11.1 Å². The molecule has 0 aliphatic rings. The quantitative estimate of drug-likeness (QED) is 0.575. The average molecular weight is 374 g/mol. The van der Waals surface area contributed by atoms with Crippen molar-refractivity contribution in [2.75, 3.05) is 7.05 Å². The van der Waals surface area contributed by atoms with Crippen molar-refractivity contribution in [3.05, 3.63) is 101 Å². The Morgan fingerprint density at radius 3 is 1.71 bits per heavy atom. The van der Waals surface area contributed by atoms with Gasteiger partial charge in [0.2, 0.25) is 0 Å². The van der Waals surface area contributed by atoms with Crippen LogP contribution in [-0.2, 0) is 17.4 Å². The smallest absolute Gasteiger partial charge is 0.124 e. The first-order valence-electron chi connectivity index (χ1n) is 9.91. The van der Waals surface area contributed by atoms with Gasteiger partial charge in [-0.15, -0.1) is 0 Å². The summed E-state index contributed by atoms with van der Waals surface area (Å²) < 4.78 is 0. The molecule has 0 aromatic heterocycles. The van der Waals surface area contributed by atoms with E-state index in [9.17, 15) is 5.11 Å². The molecule has 0 spiro atoms. The zero-order valence-electron chi connectivity index (χ0n) is 17.6. The molecule has 0 aliphatic carbocycles. The highest BCUT2D eigenvalue weighted by Gasteiger charge is 2.31. The molecule has 3 aromatic carbocycles.